The molecule has 132 valence electrons. The lowest BCUT2D eigenvalue weighted by Gasteiger charge is -1.97. The lowest BCUT2D eigenvalue weighted by atomic mass is 10.1. The molecule has 0 atom stereocenters. The number of carbonyl (C=O) groups is 1. The number of halogens is 1. The first-order chi connectivity index (χ1) is 13.1. The van der Waals surface area contributed by atoms with E-state index in [0.717, 1.165) is 5.56 Å². The molecule has 0 saturated heterocycles. The SMILES string of the molecule is O=C1OC(C=Cc2ccc(Cl)cc2)=NC1=Cc1coc2ccccc2c1=O. The number of para-hydroxylation sites is 1. The summed E-state index contributed by atoms with van der Waals surface area (Å²) in [5.74, 6) is -0.482. The maximum absolute atomic E-state index is 12.5. The van der Waals surface area contributed by atoms with Crippen molar-refractivity contribution in [3.63, 3.8) is 0 Å². The van der Waals surface area contributed by atoms with Crippen molar-refractivity contribution < 1.29 is 13.9 Å². The molecule has 0 amide bonds. The number of fused-ring (bicyclic) bond motifs is 1. The summed E-state index contributed by atoms with van der Waals surface area (Å²) in [5.41, 5.74) is 1.39. The second-order valence-corrected chi connectivity index (χ2v) is 6.21. The van der Waals surface area contributed by atoms with Gasteiger partial charge in [0.15, 0.2) is 11.1 Å². The number of carbonyl (C=O) groups excluding carboxylic acids is 1. The molecule has 0 aliphatic carbocycles. The number of hydrogen-bond acceptors (Lipinski definition) is 5. The summed E-state index contributed by atoms with van der Waals surface area (Å²) in [6.45, 7) is 0. The predicted octanol–water partition coefficient (Wildman–Crippen LogP) is 4.46. The van der Waals surface area contributed by atoms with Crippen LogP contribution in [0.3, 0.4) is 0 Å². The zero-order chi connectivity index (χ0) is 18.8. The van der Waals surface area contributed by atoms with Gasteiger partial charge in [-0.25, -0.2) is 9.79 Å². The van der Waals surface area contributed by atoms with Crippen LogP contribution in [0.4, 0.5) is 0 Å². The zero-order valence-corrected chi connectivity index (χ0v) is 14.6. The van der Waals surface area contributed by atoms with Crippen molar-refractivity contribution in [2.24, 2.45) is 4.99 Å². The molecular weight excluding hydrogens is 366 g/mol. The third-order valence-electron chi connectivity index (χ3n) is 3.92. The third kappa shape index (κ3) is 3.59. The first-order valence-corrected chi connectivity index (χ1v) is 8.45. The fourth-order valence-electron chi connectivity index (χ4n) is 2.58. The molecule has 5 nitrogen and oxygen atoms in total. The van der Waals surface area contributed by atoms with Crippen LogP contribution >= 0.6 is 11.6 Å². The first kappa shape index (κ1) is 17.0. The highest BCUT2D eigenvalue weighted by molar-refractivity contribution is 6.30. The maximum Gasteiger partial charge on any atom is 0.363 e. The van der Waals surface area contributed by atoms with Crippen molar-refractivity contribution in [1.29, 1.82) is 0 Å². The average molecular weight is 378 g/mol. The van der Waals surface area contributed by atoms with E-state index in [9.17, 15) is 9.59 Å². The Kier molecular flexibility index (Phi) is 4.44. The van der Waals surface area contributed by atoms with E-state index in [-0.39, 0.29) is 22.6 Å². The molecular formula is C21H12ClNO4. The Balaban J connectivity index is 1.64. The highest BCUT2D eigenvalue weighted by Gasteiger charge is 2.22. The van der Waals surface area contributed by atoms with E-state index in [1.807, 2.05) is 12.1 Å². The number of cyclic esters (lactones) is 1. The Morgan fingerprint density at radius 1 is 0.963 bits per heavy atom. The van der Waals surface area contributed by atoms with E-state index in [4.69, 9.17) is 20.8 Å². The van der Waals surface area contributed by atoms with Gasteiger partial charge in [0.2, 0.25) is 5.90 Å². The van der Waals surface area contributed by atoms with E-state index < -0.39 is 5.97 Å². The van der Waals surface area contributed by atoms with Gasteiger partial charge in [-0.15, -0.1) is 0 Å². The van der Waals surface area contributed by atoms with Crippen molar-refractivity contribution in [2.75, 3.05) is 0 Å². The van der Waals surface area contributed by atoms with Crippen LogP contribution in [0.5, 0.6) is 0 Å². The second kappa shape index (κ2) is 7.05. The Hall–Kier alpha value is -3.44. The number of benzene rings is 2. The predicted molar refractivity (Wildman–Crippen MR) is 104 cm³/mol. The van der Waals surface area contributed by atoms with Gasteiger partial charge in [0, 0.05) is 11.1 Å². The van der Waals surface area contributed by atoms with Gasteiger partial charge in [-0.05, 0) is 42.0 Å². The van der Waals surface area contributed by atoms with Crippen LogP contribution in [-0.2, 0) is 9.53 Å². The van der Waals surface area contributed by atoms with Gasteiger partial charge in [0.25, 0.3) is 0 Å². The molecule has 6 heteroatoms. The molecule has 0 radical (unpaired) electrons. The van der Waals surface area contributed by atoms with Crippen LogP contribution in [0.15, 0.2) is 80.8 Å². The molecule has 3 aromatic rings. The summed E-state index contributed by atoms with van der Waals surface area (Å²) in [7, 11) is 0. The molecule has 2 heterocycles. The molecule has 0 N–H and O–H groups in total. The van der Waals surface area contributed by atoms with Crippen molar-refractivity contribution >= 4 is 46.6 Å². The number of nitrogens with zero attached hydrogens (tertiary/aromatic N) is 1. The topological polar surface area (TPSA) is 68.9 Å². The average Bonchev–Trinajstić information content (AvgIpc) is 3.03. The van der Waals surface area contributed by atoms with Crippen molar-refractivity contribution in [3.05, 3.63) is 92.9 Å². The summed E-state index contributed by atoms with van der Waals surface area (Å²) >= 11 is 5.85. The number of ether oxygens (including phenoxy) is 1. The van der Waals surface area contributed by atoms with Crippen molar-refractivity contribution in [2.45, 2.75) is 0 Å². The van der Waals surface area contributed by atoms with Gasteiger partial charge in [-0.1, -0.05) is 35.9 Å². The molecule has 1 aliphatic heterocycles. The lowest BCUT2D eigenvalue weighted by molar-refractivity contribution is -0.129. The fraction of sp³-hybridized carbons (Fsp3) is 0. The normalized spacial score (nSPS) is 15.5. The minimum absolute atomic E-state index is 0.0355. The molecule has 0 unspecified atom stereocenters. The number of esters is 1. The molecule has 2 aromatic carbocycles. The maximum atomic E-state index is 12.5. The van der Waals surface area contributed by atoms with Gasteiger partial charge in [0.05, 0.1) is 10.9 Å². The first-order valence-electron chi connectivity index (χ1n) is 8.07. The molecule has 0 saturated carbocycles. The van der Waals surface area contributed by atoms with Crippen LogP contribution in [0.2, 0.25) is 5.02 Å². The van der Waals surface area contributed by atoms with Gasteiger partial charge in [-0.3, -0.25) is 4.79 Å². The summed E-state index contributed by atoms with van der Waals surface area (Å²) in [4.78, 5) is 28.7. The Labute approximate surface area is 158 Å². The zero-order valence-electron chi connectivity index (χ0n) is 13.9. The largest absolute Gasteiger partial charge is 0.463 e. The standard InChI is InChI=1S/C21H12ClNO4/c22-15-8-5-13(6-9-15)7-10-19-23-17(21(25)27-19)11-14-12-26-18-4-2-1-3-16(18)20(14)24/h1-12H. The summed E-state index contributed by atoms with van der Waals surface area (Å²) < 4.78 is 10.6. The molecule has 0 fully saturated rings. The molecule has 27 heavy (non-hydrogen) atoms. The Morgan fingerprint density at radius 2 is 1.74 bits per heavy atom. The van der Waals surface area contributed by atoms with Crippen LogP contribution < -0.4 is 5.43 Å². The minimum Gasteiger partial charge on any atom is -0.463 e. The third-order valence-corrected chi connectivity index (χ3v) is 4.18. The van der Waals surface area contributed by atoms with E-state index in [0.29, 0.717) is 16.0 Å². The number of rotatable bonds is 3. The van der Waals surface area contributed by atoms with Crippen LogP contribution in [0.25, 0.3) is 23.1 Å². The Morgan fingerprint density at radius 3 is 2.56 bits per heavy atom. The van der Waals surface area contributed by atoms with Gasteiger partial charge >= 0.3 is 5.97 Å². The van der Waals surface area contributed by atoms with Gasteiger partial charge in [-0.2, -0.15) is 0 Å². The molecule has 4 rings (SSSR count). The van der Waals surface area contributed by atoms with Gasteiger partial charge in [0.1, 0.15) is 11.8 Å². The molecule has 1 aliphatic rings. The monoisotopic (exact) mass is 377 g/mol. The quantitative estimate of drug-likeness (QED) is 0.499. The molecule has 0 bridgehead atoms. The van der Waals surface area contributed by atoms with Gasteiger partial charge < -0.3 is 9.15 Å². The molecule has 0 spiro atoms. The smallest absolute Gasteiger partial charge is 0.363 e. The van der Waals surface area contributed by atoms with E-state index >= 15 is 0 Å². The highest BCUT2D eigenvalue weighted by atomic mass is 35.5. The van der Waals surface area contributed by atoms with Crippen LogP contribution in [-0.4, -0.2) is 11.9 Å². The fourth-order valence-corrected chi connectivity index (χ4v) is 2.70. The minimum atomic E-state index is -0.627. The van der Waals surface area contributed by atoms with Crippen LogP contribution in [0, 0.1) is 0 Å². The van der Waals surface area contributed by atoms with E-state index in [2.05, 4.69) is 4.99 Å². The van der Waals surface area contributed by atoms with Crippen molar-refractivity contribution in [3.8, 4) is 0 Å². The second-order valence-electron chi connectivity index (χ2n) is 5.77. The summed E-state index contributed by atoms with van der Waals surface area (Å²) in [6, 6.07) is 14.1. The highest BCUT2D eigenvalue weighted by Crippen LogP contribution is 2.18. The summed E-state index contributed by atoms with van der Waals surface area (Å²) in [5, 5.41) is 1.07. The Bertz CT molecular complexity index is 1190. The van der Waals surface area contributed by atoms with E-state index in [1.54, 1.807) is 48.6 Å². The van der Waals surface area contributed by atoms with Crippen LogP contribution in [0.1, 0.15) is 11.1 Å². The van der Waals surface area contributed by atoms with E-state index in [1.165, 1.54) is 12.3 Å². The lowest BCUT2D eigenvalue weighted by Crippen LogP contribution is -2.06. The number of aliphatic imine (C=N–C) groups is 1. The number of hydrogen-bond donors (Lipinski definition) is 0. The molecule has 1 aromatic heterocycles. The van der Waals surface area contributed by atoms with Crippen molar-refractivity contribution in [1.82, 2.24) is 0 Å². The summed E-state index contributed by atoms with van der Waals surface area (Å²) in [6.07, 6.45) is 5.99.